The van der Waals surface area contributed by atoms with Crippen molar-refractivity contribution in [3.8, 4) is 0 Å². The molecule has 21 heavy (non-hydrogen) atoms. The van der Waals surface area contributed by atoms with E-state index in [1.54, 1.807) is 0 Å². The Hall–Kier alpha value is -0.390. The van der Waals surface area contributed by atoms with E-state index in [4.69, 9.17) is 0 Å². The van der Waals surface area contributed by atoms with Crippen molar-refractivity contribution < 1.29 is 0 Å². The molecule has 0 spiro atoms. The van der Waals surface area contributed by atoms with Gasteiger partial charge in [-0.2, -0.15) is 0 Å². The predicted molar refractivity (Wildman–Crippen MR) is 97.7 cm³/mol. The molecule has 0 atom stereocenters. The Bertz CT molecular complexity index is 424. The maximum absolute atomic E-state index is 3.66. The summed E-state index contributed by atoms with van der Waals surface area (Å²) >= 11 is 0. The van der Waals surface area contributed by atoms with Gasteiger partial charge in [0.1, 0.15) is 0 Å². The molecule has 1 nitrogen and oxygen atoms in total. The topological polar surface area (TPSA) is 3.24 Å². The van der Waals surface area contributed by atoms with Gasteiger partial charge in [-0.15, -0.1) is 0 Å². The zero-order valence-corrected chi connectivity index (χ0v) is 16.1. The number of likely N-dealkylation sites (N-methyl/N-ethyl adjacent to an activating group) is 1. The molecule has 0 fully saturated rings. The van der Waals surface area contributed by atoms with E-state index >= 15 is 0 Å². The van der Waals surface area contributed by atoms with Gasteiger partial charge in [0.05, 0.1) is 0 Å². The van der Waals surface area contributed by atoms with Crippen LogP contribution in [0.5, 0.6) is 0 Å². The number of benzene rings is 1. The first-order valence-electron chi connectivity index (χ1n) is 7.93. The van der Waals surface area contributed by atoms with Gasteiger partial charge in [-0.05, 0) is 54.2 Å². The first-order chi connectivity index (χ1) is 9.50. The summed E-state index contributed by atoms with van der Waals surface area (Å²) in [7, 11) is 4.16. The fourth-order valence-electron chi connectivity index (χ4n) is 2.80. The van der Waals surface area contributed by atoms with E-state index < -0.39 is 0 Å². The normalized spacial score (nSPS) is 13.2. The Labute approximate surface area is 133 Å². The van der Waals surface area contributed by atoms with Crippen molar-refractivity contribution in [1.82, 2.24) is 4.90 Å². The molecule has 0 heterocycles. The van der Waals surface area contributed by atoms with Crippen molar-refractivity contribution >= 4 is 7.92 Å². The lowest BCUT2D eigenvalue weighted by molar-refractivity contribution is 0.413. The van der Waals surface area contributed by atoms with Crippen LogP contribution in [0.1, 0.15) is 52.7 Å². The maximum Gasteiger partial charge on any atom is 0.00159 e. The van der Waals surface area contributed by atoms with Gasteiger partial charge >= 0.3 is 0 Å². The van der Waals surface area contributed by atoms with Crippen molar-refractivity contribution in [1.29, 1.82) is 0 Å². The summed E-state index contributed by atoms with van der Waals surface area (Å²) in [5.41, 5.74) is 2.74. The highest BCUT2D eigenvalue weighted by Crippen LogP contribution is 2.61. The standard InChI is InChI=1S/C19H33NP/c1-18(2,3)21(19(4,5)6)15-17-11-9-10-16(14-17)12-13-20(7)8/h9-11H,12-13,15H2,1-8H3. The van der Waals surface area contributed by atoms with Gasteiger partial charge in [0, 0.05) is 6.54 Å². The Morgan fingerprint density at radius 1 is 0.952 bits per heavy atom. The molecule has 119 valence electrons. The Kier molecular flexibility index (Phi) is 6.44. The van der Waals surface area contributed by atoms with E-state index in [1.807, 2.05) is 0 Å². The second-order valence-electron chi connectivity index (χ2n) is 8.18. The molecule has 0 aliphatic carbocycles. The van der Waals surface area contributed by atoms with Crippen LogP contribution in [0.3, 0.4) is 0 Å². The van der Waals surface area contributed by atoms with Crippen LogP contribution < -0.4 is 0 Å². The summed E-state index contributed by atoms with van der Waals surface area (Å²) in [5, 5.41) is 0.752. The molecule has 2 heteroatoms. The van der Waals surface area contributed by atoms with Crippen molar-refractivity contribution in [2.45, 2.75) is 64.4 Å². The van der Waals surface area contributed by atoms with Crippen LogP contribution in [0.2, 0.25) is 0 Å². The van der Waals surface area contributed by atoms with E-state index in [1.165, 1.54) is 17.3 Å². The average molecular weight is 306 g/mol. The van der Waals surface area contributed by atoms with Gasteiger partial charge in [0.2, 0.25) is 0 Å². The molecule has 0 saturated carbocycles. The van der Waals surface area contributed by atoms with E-state index in [9.17, 15) is 0 Å². The fraction of sp³-hybridized carbons (Fsp3) is 0.684. The minimum absolute atomic E-state index is 0.0948. The van der Waals surface area contributed by atoms with Crippen LogP contribution in [0.4, 0.5) is 0 Å². The molecule has 0 aliphatic heterocycles. The second kappa shape index (κ2) is 7.25. The zero-order valence-electron chi connectivity index (χ0n) is 15.2. The smallest absolute Gasteiger partial charge is 0.00159 e. The number of hydrogen-bond donors (Lipinski definition) is 0. The molecule has 0 N–H and O–H groups in total. The highest BCUT2D eigenvalue weighted by molar-refractivity contribution is 7.60. The molecule has 0 bridgehead atoms. The summed E-state index contributed by atoms with van der Waals surface area (Å²) < 4.78 is 0. The van der Waals surface area contributed by atoms with E-state index in [-0.39, 0.29) is 7.92 Å². The molecule has 1 aromatic rings. The van der Waals surface area contributed by atoms with E-state index in [0.717, 1.165) is 13.0 Å². The summed E-state index contributed by atoms with van der Waals surface area (Å²) in [5.74, 6) is 0. The number of nitrogens with zero attached hydrogens (tertiary/aromatic N) is 1. The lowest BCUT2D eigenvalue weighted by Crippen LogP contribution is -2.25. The number of hydrogen-bond acceptors (Lipinski definition) is 1. The molecule has 0 unspecified atom stereocenters. The molecule has 1 rings (SSSR count). The van der Waals surface area contributed by atoms with Gasteiger partial charge in [-0.1, -0.05) is 67.7 Å². The molecule has 0 saturated heterocycles. The van der Waals surface area contributed by atoms with Crippen LogP contribution in [0, 0.1) is 6.07 Å². The van der Waals surface area contributed by atoms with Crippen LogP contribution in [-0.4, -0.2) is 35.9 Å². The zero-order chi connectivity index (χ0) is 16.3. The van der Waals surface area contributed by atoms with Crippen LogP contribution in [-0.2, 0) is 12.6 Å². The van der Waals surface area contributed by atoms with Crippen molar-refractivity contribution in [3.05, 3.63) is 35.4 Å². The maximum atomic E-state index is 3.66. The first-order valence-corrected chi connectivity index (χ1v) is 9.45. The van der Waals surface area contributed by atoms with E-state index in [0.29, 0.717) is 10.3 Å². The van der Waals surface area contributed by atoms with Gasteiger partial charge in [0.25, 0.3) is 0 Å². The lowest BCUT2D eigenvalue weighted by Gasteiger charge is -2.41. The molecular weight excluding hydrogens is 273 g/mol. The number of rotatable bonds is 5. The Balaban J connectivity index is 2.88. The van der Waals surface area contributed by atoms with E-state index in [2.05, 4.69) is 84.8 Å². The van der Waals surface area contributed by atoms with Crippen molar-refractivity contribution in [3.63, 3.8) is 0 Å². The van der Waals surface area contributed by atoms with Crippen LogP contribution in [0.15, 0.2) is 18.2 Å². The minimum atomic E-state index is -0.0948. The SMILES string of the molecule is CN(C)CCc1[c]c(CP(C(C)(C)C)C(C)(C)C)ccc1. The lowest BCUT2D eigenvalue weighted by atomic mass is 10.1. The van der Waals surface area contributed by atoms with Gasteiger partial charge in [-0.3, -0.25) is 0 Å². The van der Waals surface area contributed by atoms with Crippen LogP contribution >= 0.6 is 7.92 Å². The molecule has 0 amide bonds. The summed E-state index contributed by atoms with van der Waals surface area (Å²) in [6, 6.07) is 10.3. The quantitative estimate of drug-likeness (QED) is 0.678. The second-order valence-corrected chi connectivity index (χ2v) is 12.0. The third-order valence-electron chi connectivity index (χ3n) is 3.69. The largest absolute Gasteiger partial charge is 0.309 e. The Morgan fingerprint density at radius 2 is 1.48 bits per heavy atom. The van der Waals surface area contributed by atoms with Gasteiger partial charge in [0.15, 0.2) is 0 Å². The summed E-state index contributed by atoms with van der Waals surface area (Å²) in [6.07, 6.45) is 2.27. The minimum Gasteiger partial charge on any atom is -0.309 e. The molecule has 1 radical (unpaired) electrons. The average Bonchev–Trinajstić information content (AvgIpc) is 2.31. The van der Waals surface area contributed by atoms with Crippen molar-refractivity contribution in [2.24, 2.45) is 0 Å². The first kappa shape index (κ1) is 18.7. The third-order valence-corrected chi connectivity index (χ3v) is 7.59. The molecule has 1 aromatic carbocycles. The molecule has 0 aromatic heterocycles. The Morgan fingerprint density at radius 3 is 1.95 bits per heavy atom. The van der Waals surface area contributed by atoms with Gasteiger partial charge in [-0.25, -0.2) is 0 Å². The van der Waals surface area contributed by atoms with Gasteiger partial charge < -0.3 is 4.90 Å². The van der Waals surface area contributed by atoms with Crippen LogP contribution in [0.25, 0.3) is 0 Å². The predicted octanol–water partition coefficient (Wildman–Crippen LogP) is 5.17. The summed E-state index contributed by atoms with van der Waals surface area (Å²) in [6.45, 7) is 15.4. The van der Waals surface area contributed by atoms with Crippen molar-refractivity contribution in [2.75, 3.05) is 20.6 Å². The molecule has 0 aliphatic rings. The summed E-state index contributed by atoms with van der Waals surface area (Å²) in [4.78, 5) is 2.23. The monoisotopic (exact) mass is 306 g/mol. The highest BCUT2D eigenvalue weighted by atomic mass is 31.1. The molecular formula is C19H33NP. The third kappa shape index (κ3) is 6.49. The fourth-order valence-corrected chi connectivity index (χ4v) is 6.29. The highest BCUT2D eigenvalue weighted by Gasteiger charge is 2.34.